The molecule has 0 N–H and O–H groups in total. The predicted octanol–water partition coefficient (Wildman–Crippen LogP) is 3.79. The highest BCUT2D eigenvalue weighted by Gasteiger charge is 2.29. The van der Waals surface area contributed by atoms with Gasteiger partial charge in [-0.15, -0.1) is 0 Å². The summed E-state index contributed by atoms with van der Waals surface area (Å²) in [5.74, 6) is 1.05. The van der Waals surface area contributed by atoms with E-state index in [2.05, 4.69) is 0 Å². The molecule has 1 aliphatic rings. The monoisotopic (exact) mass is 351 g/mol. The molecule has 2 aromatic carbocycles. The van der Waals surface area contributed by atoms with Gasteiger partial charge in [0.2, 0.25) is 6.10 Å². The molecule has 0 unspecified atom stereocenters. The number of likely N-dealkylation sites (N-methyl/N-ethyl adjacent to an activating group) is 1. The quantitative estimate of drug-likeness (QED) is 0.844. The normalized spacial score (nSPS) is 16.0. The van der Waals surface area contributed by atoms with Gasteiger partial charge in [0.25, 0.3) is 5.91 Å². The number of hydrogen-bond donors (Lipinski definition) is 0. The van der Waals surface area contributed by atoms with Gasteiger partial charge in [-0.1, -0.05) is 47.5 Å². The number of halogens is 2. The molecule has 0 saturated carbocycles. The fourth-order valence-corrected chi connectivity index (χ4v) is 2.77. The summed E-state index contributed by atoms with van der Waals surface area (Å²) < 4.78 is 11.3. The number of amides is 1. The van der Waals surface area contributed by atoms with Gasteiger partial charge >= 0.3 is 0 Å². The number of carbonyl (C=O) groups excluding carboxylic acids is 1. The van der Waals surface area contributed by atoms with Crippen LogP contribution in [0.4, 0.5) is 0 Å². The second-order valence-corrected chi connectivity index (χ2v) is 6.06. The average molecular weight is 352 g/mol. The summed E-state index contributed by atoms with van der Waals surface area (Å²) in [6.07, 6.45) is -0.673. The SMILES string of the molecule is CN(Cc1cccc(Cl)c1Cl)C(=O)[C@@H]1COc2ccccc2O1. The standard InChI is InChI=1S/C17H15Cl2NO3/c1-20(9-11-5-4-6-12(18)16(11)19)17(21)15-10-22-13-7-2-3-8-14(13)23-15/h2-8,15H,9-10H2,1H3/t15-/m0/s1. The number of para-hydroxylation sites is 2. The van der Waals surface area contributed by atoms with Crippen molar-refractivity contribution in [3.8, 4) is 11.5 Å². The van der Waals surface area contributed by atoms with E-state index in [1.54, 1.807) is 30.1 Å². The van der Waals surface area contributed by atoms with Crippen LogP contribution in [0.5, 0.6) is 11.5 Å². The molecule has 0 spiro atoms. The van der Waals surface area contributed by atoms with Crippen molar-refractivity contribution in [2.75, 3.05) is 13.7 Å². The molecule has 0 bridgehead atoms. The largest absolute Gasteiger partial charge is 0.485 e. The van der Waals surface area contributed by atoms with Crippen LogP contribution in [0, 0.1) is 0 Å². The van der Waals surface area contributed by atoms with E-state index in [9.17, 15) is 4.79 Å². The summed E-state index contributed by atoms with van der Waals surface area (Å²) in [6.45, 7) is 0.531. The van der Waals surface area contributed by atoms with Gasteiger partial charge in [0.15, 0.2) is 11.5 Å². The van der Waals surface area contributed by atoms with Gasteiger partial charge in [-0.05, 0) is 23.8 Å². The van der Waals surface area contributed by atoms with Gasteiger partial charge in [-0.3, -0.25) is 4.79 Å². The van der Waals surface area contributed by atoms with Crippen molar-refractivity contribution in [1.29, 1.82) is 0 Å². The average Bonchev–Trinajstić information content (AvgIpc) is 2.57. The summed E-state index contributed by atoms with van der Waals surface area (Å²) in [7, 11) is 1.70. The zero-order valence-electron chi connectivity index (χ0n) is 12.5. The van der Waals surface area contributed by atoms with Crippen molar-refractivity contribution >= 4 is 29.1 Å². The third kappa shape index (κ3) is 3.38. The van der Waals surface area contributed by atoms with Gasteiger partial charge < -0.3 is 14.4 Å². The Morgan fingerprint density at radius 3 is 2.70 bits per heavy atom. The van der Waals surface area contributed by atoms with Crippen LogP contribution in [-0.2, 0) is 11.3 Å². The molecule has 0 radical (unpaired) electrons. The Morgan fingerprint density at radius 1 is 1.17 bits per heavy atom. The molecule has 2 aromatic rings. The van der Waals surface area contributed by atoms with E-state index < -0.39 is 6.10 Å². The molecule has 0 aromatic heterocycles. The summed E-state index contributed by atoms with van der Waals surface area (Å²) in [6, 6.07) is 12.6. The Kier molecular flexibility index (Phi) is 4.64. The zero-order valence-corrected chi connectivity index (χ0v) is 14.0. The molecule has 23 heavy (non-hydrogen) atoms. The van der Waals surface area contributed by atoms with Gasteiger partial charge in [-0.2, -0.15) is 0 Å². The minimum atomic E-state index is -0.673. The number of ether oxygens (including phenoxy) is 2. The van der Waals surface area contributed by atoms with Gasteiger partial charge in [0.05, 0.1) is 10.0 Å². The smallest absolute Gasteiger partial charge is 0.267 e. The molecule has 6 heteroatoms. The zero-order chi connectivity index (χ0) is 16.4. The topological polar surface area (TPSA) is 38.8 Å². The highest BCUT2D eigenvalue weighted by Crippen LogP contribution is 2.31. The van der Waals surface area contributed by atoms with E-state index >= 15 is 0 Å². The van der Waals surface area contributed by atoms with Crippen LogP contribution in [0.2, 0.25) is 10.0 Å². The third-order valence-corrected chi connectivity index (χ3v) is 4.46. The highest BCUT2D eigenvalue weighted by molar-refractivity contribution is 6.42. The summed E-state index contributed by atoms with van der Waals surface area (Å²) >= 11 is 12.2. The predicted molar refractivity (Wildman–Crippen MR) is 89.3 cm³/mol. The number of nitrogens with zero attached hydrogens (tertiary/aromatic N) is 1. The van der Waals surface area contributed by atoms with Crippen LogP contribution in [0.15, 0.2) is 42.5 Å². The summed E-state index contributed by atoms with van der Waals surface area (Å²) in [5, 5.41) is 0.927. The Morgan fingerprint density at radius 2 is 1.91 bits per heavy atom. The highest BCUT2D eigenvalue weighted by atomic mass is 35.5. The van der Waals surface area contributed by atoms with Gasteiger partial charge in [-0.25, -0.2) is 0 Å². The lowest BCUT2D eigenvalue weighted by atomic mass is 10.2. The molecule has 0 aliphatic carbocycles. The summed E-state index contributed by atoms with van der Waals surface area (Å²) in [4.78, 5) is 14.1. The molecule has 120 valence electrons. The van der Waals surface area contributed by atoms with E-state index in [1.807, 2.05) is 24.3 Å². The van der Waals surface area contributed by atoms with E-state index in [-0.39, 0.29) is 12.5 Å². The van der Waals surface area contributed by atoms with Crippen LogP contribution in [0.1, 0.15) is 5.56 Å². The van der Waals surface area contributed by atoms with Crippen LogP contribution in [-0.4, -0.2) is 30.6 Å². The van der Waals surface area contributed by atoms with E-state index in [0.717, 1.165) is 5.56 Å². The maximum absolute atomic E-state index is 12.6. The van der Waals surface area contributed by atoms with Crippen LogP contribution in [0.25, 0.3) is 0 Å². The number of hydrogen-bond acceptors (Lipinski definition) is 3. The first-order valence-corrected chi connectivity index (χ1v) is 7.88. The lowest BCUT2D eigenvalue weighted by Gasteiger charge is -2.29. The first-order valence-electron chi connectivity index (χ1n) is 7.12. The first kappa shape index (κ1) is 16.0. The Balaban J connectivity index is 1.70. The van der Waals surface area contributed by atoms with Gasteiger partial charge in [0, 0.05) is 13.6 Å². The minimum Gasteiger partial charge on any atom is -0.485 e. The van der Waals surface area contributed by atoms with Crippen molar-refractivity contribution < 1.29 is 14.3 Å². The fraction of sp³-hybridized carbons (Fsp3) is 0.235. The molecule has 1 amide bonds. The van der Waals surface area contributed by atoms with Crippen molar-refractivity contribution in [1.82, 2.24) is 4.90 Å². The maximum atomic E-state index is 12.6. The van der Waals surface area contributed by atoms with Crippen molar-refractivity contribution in [3.05, 3.63) is 58.1 Å². The molecule has 1 atom stereocenters. The molecule has 0 saturated heterocycles. The minimum absolute atomic E-state index is 0.171. The molecule has 0 fully saturated rings. The lowest BCUT2D eigenvalue weighted by Crippen LogP contribution is -2.44. The Hall–Kier alpha value is -1.91. The second-order valence-electron chi connectivity index (χ2n) is 5.27. The molecular formula is C17H15Cl2NO3. The van der Waals surface area contributed by atoms with Crippen molar-refractivity contribution in [2.45, 2.75) is 12.6 Å². The lowest BCUT2D eigenvalue weighted by molar-refractivity contribution is -0.140. The second kappa shape index (κ2) is 6.69. The van der Waals surface area contributed by atoms with Crippen molar-refractivity contribution in [3.63, 3.8) is 0 Å². The van der Waals surface area contributed by atoms with Crippen LogP contribution in [0.3, 0.4) is 0 Å². The van der Waals surface area contributed by atoms with E-state index in [0.29, 0.717) is 28.1 Å². The molecule has 1 heterocycles. The number of benzene rings is 2. The fourth-order valence-electron chi connectivity index (χ4n) is 2.39. The van der Waals surface area contributed by atoms with Gasteiger partial charge in [0.1, 0.15) is 6.61 Å². The molecular weight excluding hydrogens is 337 g/mol. The first-order chi connectivity index (χ1) is 11.1. The number of fused-ring (bicyclic) bond motifs is 1. The van der Waals surface area contributed by atoms with E-state index in [4.69, 9.17) is 32.7 Å². The van der Waals surface area contributed by atoms with Crippen LogP contribution >= 0.6 is 23.2 Å². The van der Waals surface area contributed by atoms with Crippen molar-refractivity contribution in [2.24, 2.45) is 0 Å². The maximum Gasteiger partial charge on any atom is 0.267 e. The molecule has 1 aliphatic heterocycles. The Bertz CT molecular complexity index is 736. The number of rotatable bonds is 3. The molecule has 4 nitrogen and oxygen atoms in total. The van der Waals surface area contributed by atoms with E-state index in [1.165, 1.54) is 0 Å². The Labute approximate surface area is 144 Å². The molecule has 3 rings (SSSR count). The van der Waals surface area contributed by atoms with Crippen LogP contribution < -0.4 is 9.47 Å². The third-order valence-electron chi connectivity index (χ3n) is 3.60. The number of carbonyl (C=O) groups is 1. The summed E-state index contributed by atoms with van der Waals surface area (Å²) in [5.41, 5.74) is 0.784.